The third-order valence-corrected chi connectivity index (χ3v) is 8.43. The first kappa shape index (κ1) is 26.8. The van der Waals surface area contributed by atoms with Gasteiger partial charge in [-0.15, -0.1) is 0 Å². The molecule has 210 valence electrons. The maximum absolute atomic E-state index is 14.0. The van der Waals surface area contributed by atoms with Gasteiger partial charge in [0.2, 0.25) is 5.36 Å². The van der Waals surface area contributed by atoms with E-state index in [4.69, 9.17) is 8.83 Å². The van der Waals surface area contributed by atoms with E-state index in [0.29, 0.717) is 33.6 Å². The highest BCUT2D eigenvalue weighted by molar-refractivity contribution is 6.13. The van der Waals surface area contributed by atoms with Crippen molar-refractivity contribution in [1.29, 1.82) is 0 Å². The van der Waals surface area contributed by atoms with Crippen molar-refractivity contribution in [2.24, 2.45) is 0 Å². The fourth-order valence-electron chi connectivity index (χ4n) is 6.53. The number of anilines is 1. The van der Waals surface area contributed by atoms with Gasteiger partial charge in [0.05, 0.1) is 17.0 Å². The van der Waals surface area contributed by atoms with Crippen LogP contribution in [0.1, 0.15) is 54.2 Å². The number of aromatic carboxylic acids is 1. The van der Waals surface area contributed by atoms with Crippen molar-refractivity contribution >= 4 is 33.6 Å². The van der Waals surface area contributed by atoms with Gasteiger partial charge >= 0.3 is 11.6 Å². The minimum Gasteiger partial charge on any atom is -0.478 e. The number of carboxylic acid groups (broad SMARTS) is 1. The van der Waals surface area contributed by atoms with E-state index in [2.05, 4.69) is 31.7 Å². The molecule has 2 aliphatic heterocycles. The predicted molar refractivity (Wildman–Crippen MR) is 163 cm³/mol. The average Bonchev–Trinajstić information content (AvgIpc) is 2.98. The van der Waals surface area contributed by atoms with Crippen LogP contribution in [-0.2, 0) is 19.3 Å². The molecule has 3 aromatic rings. The second-order valence-electron chi connectivity index (χ2n) is 10.9. The van der Waals surface area contributed by atoms with Crippen molar-refractivity contribution in [3.63, 3.8) is 0 Å². The van der Waals surface area contributed by atoms with Gasteiger partial charge in [-0.1, -0.05) is 32.0 Å². The highest BCUT2D eigenvalue weighted by Crippen LogP contribution is 2.45. The highest BCUT2D eigenvalue weighted by atomic mass is 16.4. The molecule has 0 bridgehead atoms. The third-order valence-electron chi connectivity index (χ3n) is 8.43. The molecule has 41 heavy (non-hydrogen) atoms. The summed E-state index contributed by atoms with van der Waals surface area (Å²) in [7, 11) is 3.98. The first-order valence-electron chi connectivity index (χ1n) is 14.4. The Morgan fingerprint density at radius 2 is 1.73 bits per heavy atom. The monoisotopic (exact) mass is 551 g/mol. The molecule has 0 amide bonds. The molecule has 1 aliphatic carbocycles. The molecule has 7 nitrogen and oxygen atoms in total. The summed E-state index contributed by atoms with van der Waals surface area (Å²) in [5, 5.41) is 12.2. The molecule has 1 N–H and O–H groups in total. The number of aryl methyl sites for hydroxylation is 3. The number of nitrogens with zero attached hydrogens (tertiary/aromatic N) is 2. The van der Waals surface area contributed by atoms with Crippen LogP contribution in [0.5, 0.6) is 0 Å². The number of fused-ring (bicyclic) bond motifs is 6. The molecule has 0 atom stereocenters. The molecule has 0 fully saturated rings. The third kappa shape index (κ3) is 4.14. The zero-order chi connectivity index (χ0) is 29.0. The van der Waals surface area contributed by atoms with Crippen LogP contribution in [0.3, 0.4) is 0 Å². The topological polar surface area (TPSA) is 86.9 Å². The second kappa shape index (κ2) is 10.2. The standard InChI is InChI=1S/C34H34N2O5/c1-6-19-16-24-27(18-26(19)35(4)5)40-32-25-17-20(7-2)30-23(14-11-15-36(30)8-3)31(25)41-34(39)29(32)28(24)21-12-9-10-13-22(21)33(37)38/h9-10,12-13,16-18H,6-8,11,14-15H2,1-5H3/p+1. The van der Waals surface area contributed by atoms with Crippen LogP contribution < -0.4 is 20.5 Å². The van der Waals surface area contributed by atoms with Gasteiger partial charge in [0, 0.05) is 41.0 Å². The lowest BCUT2D eigenvalue weighted by atomic mass is 9.88. The Balaban J connectivity index is 1.89. The summed E-state index contributed by atoms with van der Waals surface area (Å²) in [6.45, 7) is 8.21. The zero-order valence-electron chi connectivity index (χ0n) is 24.3. The van der Waals surface area contributed by atoms with Crippen LogP contribution in [-0.4, -0.2) is 38.3 Å². The SMILES string of the molecule is CCc1cc2c(oc(=O)c3c(-c4ccccc4C(=O)O)c4cc(CC)c(=[N+](C)C)cc-4oc32)c2c1N(CC)CCC2. The molecule has 0 radical (unpaired) electrons. The smallest absolute Gasteiger partial charge is 0.348 e. The van der Waals surface area contributed by atoms with Crippen LogP contribution >= 0.6 is 0 Å². The van der Waals surface area contributed by atoms with Crippen LogP contribution in [0, 0.1) is 0 Å². The van der Waals surface area contributed by atoms with E-state index in [9.17, 15) is 14.7 Å². The van der Waals surface area contributed by atoms with Crippen molar-refractivity contribution in [2.75, 3.05) is 32.1 Å². The first-order chi connectivity index (χ1) is 19.8. The van der Waals surface area contributed by atoms with Crippen molar-refractivity contribution in [3.05, 3.63) is 80.5 Å². The summed E-state index contributed by atoms with van der Waals surface area (Å²) in [5.41, 5.74) is 6.72. The van der Waals surface area contributed by atoms with Gasteiger partial charge in [-0.3, -0.25) is 0 Å². The molecule has 7 heteroatoms. The molecule has 3 heterocycles. The molecule has 6 rings (SSSR count). The lowest BCUT2D eigenvalue weighted by Gasteiger charge is -2.33. The normalized spacial score (nSPS) is 13.2. The number of benzene rings is 3. The molecule has 3 aliphatic rings. The molecule has 1 aromatic heterocycles. The summed E-state index contributed by atoms with van der Waals surface area (Å²) in [6, 6.07) is 12.9. The lowest BCUT2D eigenvalue weighted by molar-refractivity contribution is 0.0697. The van der Waals surface area contributed by atoms with Crippen molar-refractivity contribution in [2.45, 2.75) is 46.5 Å². The van der Waals surface area contributed by atoms with Crippen LogP contribution in [0.4, 0.5) is 5.69 Å². The van der Waals surface area contributed by atoms with E-state index < -0.39 is 11.6 Å². The molecule has 2 aromatic carbocycles. The van der Waals surface area contributed by atoms with Crippen LogP contribution in [0.2, 0.25) is 0 Å². The summed E-state index contributed by atoms with van der Waals surface area (Å²) in [5.74, 6) is -0.470. The Labute approximate surface area is 238 Å². The predicted octanol–water partition coefficient (Wildman–Crippen LogP) is 5.94. The van der Waals surface area contributed by atoms with E-state index in [1.807, 2.05) is 30.8 Å². The molecule has 0 saturated heterocycles. The Hall–Kier alpha value is -4.39. The summed E-state index contributed by atoms with van der Waals surface area (Å²) in [4.78, 5) is 28.8. The number of hydrogen-bond acceptors (Lipinski definition) is 5. The Kier molecular flexibility index (Phi) is 6.68. The maximum atomic E-state index is 14.0. The number of carboxylic acids is 1. The molecule has 0 unspecified atom stereocenters. The van der Waals surface area contributed by atoms with E-state index >= 15 is 0 Å². The zero-order valence-corrected chi connectivity index (χ0v) is 24.3. The van der Waals surface area contributed by atoms with Gasteiger partial charge in [-0.2, -0.15) is 0 Å². The van der Waals surface area contributed by atoms with E-state index in [1.165, 1.54) is 5.56 Å². The van der Waals surface area contributed by atoms with Crippen molar-refractivity contribution in [3.8, 4) is 22.5 Å². The van der Waals surface area contributed by atoms with Crippen LogP contribution in [0.25, 0.3) is 44.4 Å². The largest absolute Gasteiger partial charge is 0.478 e. The fraction of sp³-hybridized carbons (Fsp3) is 0.324. The van der Waals surface area contributed by atoms with E-state index in [-0.39, 0.29) is 10.9 Å². The highest BCUT2D eigenvalue weighted by Gasteiger charge is 2.29. The minimum atomic E-state index is -1.06. The Bertz CT molecular complexity index is 1960. The van der Waals surface area contributed by atoms with Crippen molar-refractivity contribution < 1.29 is 18.7 Å². The summed E-state index contributed by atoms with van der Waals surface area (Å²) < 4.78 is 14.9. The lowest BCUT2D eigenvalue weighted by Crippen LogP contribution is -2.30. The van der Waals surface area contributed by atoms with Crippen molar-refractivity contribution in [1.82, 2.24) is 4.58 Å². The second-order valence-corrected chi connectivity index (χ2v) is 10.9. The van der Waals surface area contributed by atoms with E-state index in [0.717, 1.165) is 66.3 Å². The molecule has 0 saturated carbocycles. The van der Waals surface area contributed by atoms with Crippen LogP contribution in [0.15, 0.2) is 56.1 Å². The minimum absolute atomic E-state index is 0.119. The number of carbonyl (C=O) groups is 1. The van der Waals surface area contributed by atoms with Gasteiger partial charge in [0.15, 0.2) is 5.58 Å². The number of rotatable bonds is 5. The maximum Gasteiger partial charge on any atom is 0.348 e. The van der Waals surface area contributed by atoms with E-state index in [1.54, 1.807) is 24.3 Å². The van der Waals surface area contributed by atoms with Gasteiger partial charge in [0.25, 0.3) is 0 Å². The molecule has 0 spiro atoms. The fourth-order valence-corrected chi connectivity index (χ4v) is 6.53. The summed E-state index contributed by atoms with van der Waals surface area (Å²) in [6.07, 6.45) is 3.37. The average molecular weight is 552 g/mol. The Morgan fingerprint density at radius 1 is 0.976 bits per heavy atom. The Morgan fingerprint density at radius 3 is 2.41 bits per heavy atom. The molecular weight excluding hydrogens is 516 g/mol. The molecular formula is C34H35N2O5+. The van der Waals surface area contributed by atoms with Gasteiger partial charge in [-0.05, 0) is 61.9 Å². The van der Waals surface area contributed by atoms with Gasteiger partial charge in [-0.25, -0.2) is 14.2 Å². The quantitative estimate of drug-likeness (QED) is 0.126. The number of hydrogen-bond donors (Lipinski definition) is 1. The van der Waals surface area contributed by atoms with Gasteiger partial charge < -0.3 is 18.8 Å². The summed E-state index contributed by atoms with van der Waals surface area (Å²) >= 11 is 0. The first-order valence-corrected chi connectivity index (χ1v) is 14.4. The van der Waals surface area contributed by atoms with Gasteiger partial charge in [0.1, 0.15) is 30.8 Å².